The molecule has 104 valence electrons. The normalized spacial score (nSPS) is 14.6. The SMILES string of the molecule is CC(C)c1cccc(Nc2cc(N)nc(C3CC3)n2)c1. The van der Waals surface area contributed by atoms with Gasteiger partial charge in [-0.2, -0.15) is 0 Å². The molecule has 0 aliphatic heterocycles. The summed E-state index contributed by atoms with van der Waals surface area (Å²) in [7, 11) is 0. The van der Waals surface area contributed by atoms with E-state index in [9.17, 15) is 0 Å². The summed E-state index contributed by atoms with van der Waals surface area (Å²) in [5.41, 5.74) is 8.21. The Morgan fingerprint density at radius 2 is 2.00 bits per heavy atom. The molecule has 2 aromatic rings. The van der Waals surface area contributed by atoms with E-state index in [1.54, 1.807) is 6.07 Å². The third-order valence-electron chi connectivity index (χ3n) is 3.53. The van der Waals surface area contributed by atoms with Crippen molar-refractivity contribution in [2.24, 2.45) is 0 Å². The molecule has 0 radical (unpaired) electrons. The van der Waals surface area contributed by atoms with Gasteiger partial charge in [-0.1, -0.05) is 26.0 Å². The van der Waals surface area contributed by atoms with Gasteiger partial charge in [-0.05, 0) is 36.5 Å². The van der Waals surface area contributed by atoms with Crippen LogP contribution in [0.2, 0.25) is 0 Å². The van der Waals surface area contributed by atoms with Crippen LogP contribution in [-0.2, 0) is 0 Å². The minimum Gasteiger partial charge on any atom is -0.384 e. The van der Waals surface area contributed by atoms with Gasteiger partial charge in [0, 0.05) is 17.7 Å². The van der Waals surface area contributed by atoms with Gasteiger partial charge in [-0.15, -0.1) is 0 Å². The van der Waals surface area contributed by atoms with Crippen molar-refractivity contribution in [3.8, 4) is 0 Å². The van der Waals surface area contributed by atoms with E-state index in [0.29, 0.717) is 17.7 Å². The van der Waals surface area contributed by atoms with E-state index in [-0.39, 0.29) is 0 Å². The Morgan fingerprint density at radius 3 is 2.70 bits per heavy atom. The molecule has 0 bridgehead atoms. The Labute approximate surface area is 119 Å². The van der Waals surface area contributed by atoms with E-state index < -0.39 is 0 Å². The van der Waals surface area contributed by atoms with Crippen LogP contribution in [0.4, 0.5) is 17.3 Å². The fourth-order valence-electron chi connectivity index (χ4n) is 2.20. The lowest BCUT2D eigenvalue weighted by atomic mass is 10.0. The number of anilines is 3. The number of nitrogens with two attached hydrogens (primary N) is 1. The third kappa shape index (κ3) is 2.90. The molecule has 0 atom stereocenters. The van der Waals surface area contributed by atoms with Crippen LogP contribution in [0, 0.1) is 0 Å². The lowest BCUT2D eigenvalue weighted by molar-refractivity contribution is 0.867. The first-order chi connectivity index (χ1) is 9.61. The van der Waals surface area contributed by atoms with Crippen molar-refractivity contribution < 1.29 is 0 Å². The predicted molar refractivity (Wildman–Crippen MR) is 82.2 cm³/mol. The number of nitrogens with one attached hydrogen (secondary N) is 1. The van der Waals surface area contributed by atoms with Crippen molar-refractivity contribution in [1.82, 2.24) is 9.97 Å². The minimum atomic E-state index is 0.501. The molecule has 1 saturated carbocycles. The molecule has 0 saturated heterocycles. The third-order valence-corrected chi connectivity index (χ3v) is 3.53. The van der Waals surface area contributed by atoms with Gasteiger partial charge in [0.15, 0.2) is 0 Å². The minimum absolute atomic E-state index is 0.501. The van der Waals surface area contributed by atoms with Gasteiger partial charge in [0.05, 0.1) is 0 Å². The van der Waals surface area contributed by atoms with Crippen LogP contribution in [0.15, 0.2) is 30.3 Å². The molecule has 1 heterocycles. The van der Waals surface area contributed by atoms with Crippen LogP contribution in [-0.4, -0.2) is 9.97 Å². The molecule has 0 unspecified atom stereocenters. The first-order valence-electron chi connectivity index (χ1n) is 7.13. The summed E-state index contributed by atoms with van der Waals surface area (Å²) in [6, 6.07) is 10.2. The van der Waals surface area contributed by atoms with Crippen LogP contribution >= 0.6 is 0 Å². The maximum absolute atomic E-state index is 5.87. The topological polar surface area (TPSA) is 63.8 Å². The quantitative estimate of drug-likeness (QED) is 0.885. The summed E-state index contributed by atoms with van der Waals surface area (Å²) in [5, 5.41) is 3.33. The molecule has 4 heteroatoms. The monoisotopic (exact) mass is 268 g/mol. The maximum atomic E-state index is 5.87. The molecule has 1 aliphatic rings. The zero-order valence-electron chi connectivity index (χ0n) is 11.9. The predicted octanol–water partition coefficient (Wildman–Crippen LogP) is 3.80. The number of nitrogens with zero attached hydrogens (tertiary/aromatic N) is 2. The van der Waals surface area contributed by atoms with Crippen molar-refractivity contribution in [3.63, 3.8) is 0 Å². The molecule has 4 nitrogen and oxygen atoms in total. The fourth-order valence-corrected chi connectivity index (χ4v) is 2.20. The standard InChI is InChI=1S/C16H20N4/c1-10(2)12-4-3-5-13(8-12)18-15-9-14(17)19-16(20-15)11-6-7-11/h3-5,8-11H,6-7H2,1-2H3,(H3,17,18,19,20). The van der Waals surface area contributed by atoms with Crippen LogP contribution in [0.25, 0.3) is 0 Å². The average Bonchev–Trinajstić information content (AvgIpc) is 3.22. The zero-order valence-corrected chi connectivity index (χ0v) is 11.9. The highest BCUT2D eigenvalue weighted by atomic mass is 15.1. The average molecular weight is 268 g/mol. The summed E-state index contributed by atoms with van der Waals surface area (Å²) in [6.07, 6.45) is 2.34. The van der Waals surface area contributed by atoms with Crippen molar-refractivity contribution in [2.45, 2.75) is 38.5 Å². The number of hydrogen-bond donors (Lipinski definition) is 2. The van der Waals surface area contributed by atoms with E-state index in [1.807, 2.05) is 6.07 Å². The molecule has 1 fully saturated rings. The highest BCUT2D eigenvalue weighted by molar-refractivity contribution is 5.59. The van der Waals surface area contributed by atoms with Gasteiger partial charge in [0.25, 0.3) is 0 Å². The summed E-state index contributed by atoms with van der Waals surface area (Å²) < 4.78 is 0. The Bertz CT molecular complexity index is 618. The Hall–Kier alpha value is -2.10. The van der Waals surface area contributed by atoms with Gasteiger partial charge >= 0.3 is 0 Å². The first-order valence-corrected chi connectivity index (χ1v) is 7.13. The van der Waals surface area contributed by atoms with E-state index in [4.69, 9.17) is 5.73 Å². The number of benzene rings is 1. The lowest BCUT2D eigenvalue weighted by Crippen LogP contribution is -2.03. The van der Waals surface area contributed by atoms with Crippen molar-refractivity contribution in [1.29, 1.82) is 0 Å². The van der Waals surface area contributed by atoms with Gasteiger partial charge in [-0.3, -0.25) is 0 Å². The second kappa shape index (κ2) is 5.12. The van der Waals surface area contributed by atoms with E-state index in [1.165, 1.54) is 18.4 Å². The van der Waals surface area contributed by atoms with E-state index in [2.05, 4.69) is 47.3 Å². The second-order valence-electron chi connectivity index (χ2n) is 5.72. The Kier molecular flexibility index (Phi) is 3.30. The first kappa shape index (κ1) is 12.9. The molecule has 0 spiro atoms. The smallest absolute Gasteiger partial charge is 0.136 e. The molecule has 20 heavy (non-hydrogen) atoms. The molecule has 0 amide bonds. The van der Waals surface area contributed by atoms with Crippen LogP contribution in [0.3, 0.4) is 0 Å². The maximum Gasteiger partial charge on any atom is 0.136 e. The summed E-state index contributed by atoms with van der Waals surface area (Å²) in [4.78, 5) is 8.87. The van der Waals surface area contributed by atoms with Gasteiger partial charge in [0.2, 0.25) is 0 Å². The Balaban J connectivity index is 1.85. The lowest BCUT2D eigenvalue weighted by Gasteiger charge is -2.11. The van der Waals surface area contributed by atoms with Crippen molar-refractivity contribution in [3.05, 3.63) is 41.7 Å². The van der Waals surface area contributed by atoms with E-state index in [0.717, 1.165) is 17.3 Å². The largest absolute Gasteiger partial charge is 0.384 e. The van der Waals surface area contributed by atoms with Gasteiger partial charge in [0.1, 0.15) is 17.5 Å². The fraction of sp³-hybridized carbons (Fsp3) is 0.375. The van der Waals surface area contributed by atoms with Gasteiger partial charge in [-0.25, -0.2) is 9.97 Å². The van der Waals surface area contributed by atoms with Crippen molar-refractivity contribution in [2.75, 3.05) is 11.1 Å². The van der Waals surface area contributed by atoms with Crippen LogP contribution in [0.5, 0.6) is 0 Å². The number of hydrogen-bond acceptors (Lipinski definition) is 4. The molecule has 1 aromatic carbocycles. The van der Waals surface area contributed by atoms with Crippen LogP contribution < -0.4 is 11.1 Å². The zero-order chi connectivity index (χ0) is 14.1. The van der Waals surface area contributed by atoms with Crippen LogP contribution in [0.1, 0.15) is 49.9 Å². The summed E-state index contributed by atoms with van der Waals surface area (Å²) >= 11 is 0. The Morgan fingerprint density at radius 1 is 1.20 bits per heavy atom. The number of aromatic nitrogens is 2. The molecule has 1 aromatic heterocycles. The van der Waals surface area contributed by atoms with Crippen molar-refractivity contribution >= 4 is 17.3 Å². The highest BCUT2D eigenvalue weighted by Crippen LogP contribution is 2.38. The molecule has 1 aliphatic carbocycles. The van der Waals surface area contributed by atoms with E-state index >= 15 is 0 Å². The summed E-state index contributed by atoms with van der Waals surface area (Å²) in [5.74, 6) is 3.19. The van der Waals surface area contributed by atoms with Gasteiger partial charge < -0.3 is 11.1 Å². The summed E-state index contributed by atoms with van der Waals surface area (Å²) in [6.45, 7) is 4.37. The molecule has 3 rings (SSSR count). The highest BCUT2D eigenvalue weighted by Gasteiger charge is 2.27. The second-order valence-corrected chi connectivity index (χ2v) is 5.72. The molecular weight excluding hydrogens is 248 g/mol. The molecule has 3 N–H and O–H groups in total. The number of nitrogen functional groups attached to an aromatic ring is 1. The number of rotatable bonds is 4. The molecular formula is C16H20N4.